The Balaban J connectivity index is 2.87. The lowest BCUT2D eigenvalue weighted by Gasteiger charge is -2.22. The smallest absolute Gasteiger partial charge is 0.123 e. The van der Waals surface area contributed by atoms with Crippen LogP contribution in [0.25, 0.3) is 0 Å². The summed E-state index contributed by atoms with van der Waals surface area (Å²) in [6, 6.07) is 8.21. The van der Waals surface area contributed by atoms with E-state index >= 15 is 0 Å². The van der Waals surface area contributed by atoms with Crippen molar-refractivity contribution in [2.45, 2.75) is 39.7 Å². The lowest BCUT2D eigenvalue weighted by Crippen LogP contribution is -2.23. The first kappa shape index (κ1) is 10.1. The molecule has 0 bridgehead atoms. The largest absolute Gasteiger partial charge is 0.488 e. The first-order valence-corrected chi connectivity index (χ1v) is 4.80. The quantitative estimate of drug-likeness (QED) is 0.674. The Hall–Kier alpha value is -0.980. The van der Waals surface area contributed by atoms with E-state index in [1.54, 1.807) is 0 Å². The molecule has 0 saturated carbocycles. The lowest BCUT2D eigenvalue weighted by molar-refractivity contribution is 0.129. The Labute approximate surface area is 80.7 Å². The highest BCUT2D eigenvalue weighted by molar-refractivity contribution is 5.33. The number of ether oxygens (including phenoxy) is 1. The van der Waals surface area contributed by atoms with Gasteiger partial charge in [0, 0.05) is 0 Å². The molecule has 1 nitrogen and oxygen atoms in total. The Kier molecular flexibility index (Phi) is 2.97. The molecule has 0 aliphatic carbocycles. The molecular weight excluding hydrogens is 160 g/mol. The molecule has 1 aromatic carbocycles. The molecule has 1 rings (SSSR count). The number of hydrogen-bond acceptors (Lipinski definition) is 1. The van der Waals surface area contributed by atoms with Gasteiger partial charge in [0.05, 0.1) is 0 Å². The fourth-order valence-electron chi connectivity index (χ4n) is 1.23. The van der Waals surface area contributed by atoms with E-state index in [0.717, 1.165) is 12.2 Å². The van der Waals surface area contributed by atoms with E-state index in [2.05, 4.69) is 33.8 Å². The summed E-state index contributed by atoms with van der Waals surface area (Å²) in [5, 5.41) is 0. The molecule has 0 amide bonds. The van der Waals surface area contributed by atoms with Crippen LogP contribution in [-0.2, 0) is 6.42 Å². The second kappa shape index (κ2) is 3.82. The van der Waals surface area contributed by atoms with E-state index in [0.29, 0.717) is 0 Å². The van der Waals surface area contributed by atoms with Crippen molar-refractivity contribution < 1.29 is 4.74 Å². The zero-order valence-electron chi connectivity index (χ0n) is 8.92. The van der Waals surface area contributed by atoms with Crippen molar-refractivity contribution in [3.05, 3.63) is 29.8 Å². The third-order valence-electron chi connectivity index (χ3n) is 1.77. The van der Waals surface area contributed by atoms with Gasteiger partial charge in [0.15, 0.2) is 0 Å². The minimum absolute atomic E-state index is 0.106. The summed E-state index contributed by atoms with van der Waals surface area (Å²) < 4.78 is 5.82. The molecule has 13 heavy (non-hydrogen) atoms. The summed E-state index contributed by atoms with van der Waals surface area (Å²) in [4.78, 5) is 0. The van der Waals surface area contributed by atoms with Gasteiger partial charge in [-0.3, -0.25) is 0 Å². The van der Waals surface area contributed by atoms with Gasteiger partial charge in [-0.15, -0.1) is 0 Å². The molecule has 0 saturated heterocycles. The van der Waals surface area contributed by atoms with Crippen LogP contribution in [0, 0.1) is 0 Å². The first-order valence-electron chi connectivity index (χ1n) is 4.80. The predicted octanol–water partition coefficient (Wildman–Crippen LogP) is 3.43. The normalized spacial score (nSPS) is 11.4. The van der Waals surface area contributed by atoms with Crippen LogP contribution in [0.15, 0.2) is 24.3 Å². The topological polar surface area (TPSA) is 9.23 Å². The van der Waals surface area contributed by atoms with E-state index < -0.39 is 0 Å². The minimum Gasteiger partial charge on any atom is -0.488 e. The van der Waals surface area contributed by atoms with Gasteiger partial charge in [0.2, 0.25) is 0 Å². The molecule has 0 aliphatic rings. The third-order valence-corrected chi connectivity index (χ3v) is 1.77. The van der Waals surface area contributed by atoms with Crippen molar-refractivity contribution in [3.63, 3.8) is 0 Å². The fraction of sp³-hybridized carbons (Fsp3) is 0.500. The van der Waals surface area contributed by atoms with Crippen molar-refractivity contribution in [1.82, 2.24) is 0 Å². The highest BCUT2D eigenvalue weighted by atomic mass is 16.5. The zero-order valence-corrected chi connectivity index (χ0v) is 8.92. The Bertz CT molecular complexity index is 271. The third kappa shape index (κ3) is 3.10. The number of benzene rings is 1. The molecule has 0 aliphatic heterocycles. The molecule has 1 aromatic rings. The summed E-state index contributed by atoms with van der Waals surface area (Å²) in [7, 11) is 0. The van der Waals surface area contributed by atoms with E-state index in [4.69, 9.17) is 4.74 Å². The molecular formula is C12H18O. The Morgan fingerprint density at radius 2 is 1.77 bits per heavy atom. The van der Waals surface area contributed by atoms with E-state index in [9.17, 15) is 0 Å². The standard InChI is InChI=1S/C12H18O/c1-5-10-8-6-7-9-11(10)13-12(2,3)4/h6-9H,5H2,1-4H3. The maximum absolute atomic E-state index is 5.82. The molecule has 0 fully saturated rings. The maximum Gasteiger partial charge on any atom is 0.123 e. The van der Waals surface area contributed by atoms with Crippen molar-refractivity contribution >= 4 is 0 Å². The number of aryl methyl sites for hydroxylation is 1. The summed E-state index contributed by atoms with van der Waals surface area (Å²) in [6.45, 7) is 8.35. The zero-order chi connectivity index (χ0) is 9.90. The summed E-state index contributed by atoms with van der Waals surface area (Å²) in [6.07, 6.45) is 1.02. The van der Waals surface area contributed by atoms with E-state index in [-0.39, 0.29) is 5.60 Å². The average molecular weight is 178 g/mol. The molecule has 0 unspecified atom stereocenters. The molecule has 0 atom stereocenters. The first-order chi connectivity index (χ1) is 6.03. The molecule has 0 spiro atoms. The molecule has 72 valence electrons. The molecule has 1 heteroatoms. The van der Waals surface area contributed by atoms with Crippen LogP contribution in [0.1, 0.15) is 33.3 Å². The van der Waals surface area contributed by atoms with Gasteiger partial charge >= 0.3 is 0 Å². The van der Waals surface area contributed by atoms with Crippen molar-refractivity contribution in [1.29, 1.82) is 0 Å². The second-order valence-corrected chi connectivity index (χ2v) is 4.18. The molecule has 0 radical (unpaired) electrons. The van der Waals surface area contributed by atoms with Crippen LogP contribution in [0.3, 0.4) is 0 Å². The Morgan fingerprint density at radius 1 is 1.15 bits per heavy atom. The summed E-state index contributed by atoms with van der Waals surface area (Å²) >= 11 is 0. The minimum atomic E-state index is -0.106. The van der Waals surface area contributed by atoms with Crippen LogP contribution in [-0.4, -0.2) is 5.60 Å². The molecule has 0 aromatic heterocycles. The van der Waals surface area contributed by atoms with Crippen LogP contribution >= 0.6 is 0 Å². The molecule has 0 heterocycles. The number of para-hydroxylation sites is 1. The van der Waals surface area contributed by atoms with Crippen molar-refractivity contribution in [3.8, 4) is 5.75 Å². The molecule has 0 N–H and O–H groups in total. The highest BCUT2D eigenvalue weighted by Gasteiger charge is 2.13. The van der Waals surface area contributed by atoms with Gasteiger partial charge in [-0.2, -0.15) is 0 Å². The summed E-state index contributed by atoms with van der Waals surface area (Å²) in [5.41, 5.74) is 1.17. The SMILES string of the molecule is CCc1ccccc1OC(C)(C)C. The number of hydrogen-bond donors (Lipinski definition) is 0. The summed E-state index contributed by atoms with van der Waals surface area (Å²) in [5.74, 6) is 1.01. The highest BCUT2D eigenvalue weighted by Crippen LogP contribution is 2.22. The van der Waals surface area contributed by atoms with Gasteiger partial charge in [0.1, 0.15) is 11.4 Å². The fourth-order valence-corrected chi connectivity index (χ4v) is 1.23. The van der Waals surface area contributed by atoms with E-state index in [1.807, 2.05) is 18.2 Å². The predicted molar refractivity (Wildman–Crippen MR) is 56.2 cm³/mol. The van der Waals surface area contributed by atoms with Crippen molar-refractivity contribution in [2.75, 3.05) is 0 Å². The van der Waals surface area contributed by atoms with Crippen LogP contribution in [0.4, 0.5) is 0 Å². The average Bonchev–Trinajstić information content (AvgIpc) is 2.02. The van der Waals surface area contributed by atoms with E-state index in [1.165, 1.54) is 5.56 Å². The van der Waals surface area contributed by atoms with Gasteiger partial charge in [-0.05, 0) is 38.8 Å². The van der Waals surface area contributed by atoms with Crippen LogP contribution in [0.5, 0.6) is 5.75 Å². The lowest BCUT2D eigenvalue weighted by atomic mass is 10.1. The van der Waals surface area contributed by atoms with Gasteiger partial charge in [0.25, 0.3) is 0 Å². The maximum atomic E-state index is 5.82. The van der Waals surface area contributed by atoms with Gasteiger partial charge in [-0.25, -0.2) is 0 Å². The van der Waals surface area contributed by atoms with Crippen molar-refractivity contribution in [2.24, 2.45) is 0 Å². The van der Waals surface area contributed by atoms with Crippen LogP contribution < -0.4 is 4.74 Å². The van der Waals surface area contributed by atoms with Gasteiger partial charge < -0.3 is 4.74 Å². The van der Waals surface area contributed by atoms with Crippen LogP contribution in [0.2, 0.25) is 0 Å². The second-order valence-electron chi connectivity index (χ2n) is 4.18. The Morgan fingerprint density at radius 3 is 2.31 bits per heavy atom. The van der Waals surface area contributed by atoms with Gasteiger partial charge in [-0.1, -0.05) is 25.1 Å². The monoisotopic (exact) mass is 178 g/mol. The number of rotatable bonds is 2.